The number of benzene rings is 1. The van der Waals surface area contributed by atoms with Crippen molar-refractivity contribution in [2.75, 3.05) is 52.8 Å². The molecule has 158 valence electrons. The van der Waals surface area contributed by atoms with Gasteiger partial charge in [-0.05, 0) is 32.0 Å². The number of rotatable bonds is 8. The van der Waals surface area contributed by atoms with Crippen LogP contribution in [0.5, 0.6) is 5.75 Å². The highest BCUT2D eigenvalue weighted by Gasteiger charge is 2.26. The second kappa shape index (κ2) is 10.5. The van der Waals surface area contributed by atoms with Crippen molar-refractivity contribution in [1.82, 2.24) is 20.5 Å². The molecule has 0 aliphatic carbocycles. The molecule has 1 aliphatic rings. The van der Waals surface area contributed by atoms with Crippen molar-refractivity contribution in [2.45, 2.75) is 25.4 Å². The van der Waals surface area contributed by atoms with E-state index in [4.69, 9.17) is 4.74 Å². The van der Waals surface area contributed by atoms with Gasteiger partial charge in [0, 0.05) is 38.6 Å². The maximum atomic E-state index is 5.63. The highest BCUT2D eigenvalue weighted by atomic mass is 32.1. The number of ether oxygens (including phenoxy) is 1. The molecule has 1 unspecified atom stereocenters. The number of aliphatic imine (C=N–C) groups is 1. The molecule has 1 fully saturated rings. The summed E-state index contributed by atoms with van der Waals surface area (Å²) in [6, 6.07) is 8.55. The maximum Gasteiger partial charge on any atom is 0.191 e. The molecule has 7 nitrogen and oxygen atoms in total. The molecule has 2 heterocycles. The maximum absolute atomic E-state index is 5.63. The van der Waals surface area contributed by atoms with E-state index < -0.39 is 0 Å². The normalized spacial score (nSPS) is 15.9. The lowest BCUT2D eigenvalue weighted by Gasteiger charge is -2.30. The Labute approximate surface area is 177 Å². The van der Waals surface area contributed by atoms with Crippen LogP contribution in [0.4, 0.5) is 5.13 Å². The number of hydrogen-bond donors (Lipinski definition) is 2. The fourth-order valence-corrected chi connectivity index (χ4v) is 4.36. The average molecular weight is 417 g/mol. The molecule has 0 radical (unpaired) electrons. The molecule has 1 aromatic carbocycles. The monoisotopic (exact) mass is 416 g/mol. The summed E-state index contributed by atoms with van der Waals surface area (Å²) in [6.07, 6.45) is 2.49. The number of nitrogens with zero attached hydrogens (tertiary/aromatic N) is 4. The zero-order chi connectivity index (χ0) is 20.6. The Morgan fingerprint density at radius 2 is 2.03 bits per heavy atom. The van der Waals surface area contributed by atoms with Crippen LogP contribution in [0, 0.1) is 0 Å². The summed E-state index contributed by atoms with van der Waals surface area (Å²) < 4.78 is 5.63. The number of methoxy groups -OCH3 is 1. The minimum absolute atomic E-state index is 0.242. The Hall–Kier alpha value is -2.32. The molecular formula is C21H32N6OS. The molecular weight excluding hydrogens is 384 g/mol. The van der Waals surface area contributed by atoms with Gasteiger partial charge in [-0.1, -0.05) is 18.2 Å². The van der Waals surface area contributed by atoms with Crippen LogP contribution in [0.2, 0.25) is 0 Å². The third kappa shape index (κ3) is 5.61. The topological polar surface area (TPSA) is 65.0 Å². The predicted octanol–water partition coefficient (Wildman–Crippen LogP) is 2.72. The van der Waals surface area contributed by atoms with Gasteiger partial charge in [0.2, 0.25) is 0 Å². The molecule has 29 heavy (non-hydrogen) atoms. The summed E-state index contributed by atoms with van der Waals surface area (Å²) in [5, 5.41) is 9.97. The fourth-order valence-electron chi connectivity index (χ4n) is 3.60. The van der Waals surface area contributed by atoms with Crippen LogP contribution in [0.3, 0.4) is 0 Å². The van der Waals surface area contributed by atoms with Crippen molar-refractivity contribution < 1.29 is 4.74 Å². The van der Waals surface area contributed by atoms with Crippen molar-refractivity contribution in [3.8, 4) is 5.75 Å². The summed E-state index contributed by atoms with van der Waals surface area (Å²) in [5.41, 5.74) is 2.23. The van der Waals surface area contributed by atoms with Crippen LogP contribution in [0.1, 0.15) is 30.1 Å². The quantitative estimate of drug-likeness (QED) is 0.510. The van der Waals surface area contributed by atoms with Crippen molar-refractivity contribution in [2.24, 2.45) is 4.99 Å². The van der Waals surface area contributed by atoms with Crippen LogP contribution < -0.4 is 20.3 Å². The third-order valence-corrected chi connectivity index (χ3v) is 6.18. The summed E-state index contributed by atoms with van der Waals surface area (Å²) >= 11 is 1.65. The first-order valence-corrected chi connectivity index (χ1v) is 10.9. The van der Waals surface area contributed by atoms with Gasteiger partial charge in [-0.3, -0.25) is 9.89 Å². The molecule has 1 aromatic heterocycles. The van der Waals surface area contributed by atoms with Crippen molar-refractivity contribution >= 4 is 22.4 Å². The Kier molecular flexibility index (Phi) is 7.71. The molecule has 2 aromatic rings. The highest BCUT2D eigenvalue weighted by Crippen LogP contribution is 2.31. The van der Waals surface area contributed by atoms with Gasteiger partial charge in [0.05, 0.1) is 25.4 Å². The first kappa shape index (κ1) is 21.4. The number of hydrogen-bond acceptors (Lipinski definition) is 6. The molecule has 0 amide bonds. The molecule has 0 saturated carbocycles. The van der Waals surface area contributed by atoms with E-state index in [1.54, 1.807) is 25.5 Å². The Morgan fingerprint density at radius 1 is 1.28 bits per heavy atom. The standard InChI is InChI=1S/C21H32N6OS/c1-22-20(23-13-16-15-29-21(25-16)26(2)3)24-14-18(27-11-7-8-12-27)17-9-5-6-10-19(17)28-4/h5-6,9-10,15,18H,7-8,11-14H2,1-4H3,(H2,22,23,24). The van der Waals surface area contributed by atoms with Gasteiger partial charge in [0.15, 0.2) is 11.1 Å². The number of nitrogens with one attached hydrogen (secondary N) is 2. The van der Waals surface area contributed by atoms with Crippen LogP contribution >= 0.6 is 11.3 Å². The smallest absolute Gasteiger partial charge is 0.191 e. The summed E-state index contributed by atoms with van der Waals surface area (Å²) in [7, 11) is 7.55. The predicted molar refractivity (Wildman–Crippen MR) is 121 cm³/mol. The zero-order valence-corrected chi connectivity index (χ0v) is 18.6. The van der Waals surface area contributed by atoms with E-state index in [1.165, 1.54) is 18.4 Å². The fraction of sp³-hybridized carbons (Fsp3) is 0.524. The Balaban J connectivity index is 1.64. The van der Waals surface area contributed by atoms with E-state index in [9.17, 15) is 0 Å². The third-order valence-electron chi connectivity index (χ3n) is 5.12. The second-order valence-electron chi connectivity index (χ2n) is 7.32. The van der Waals surface area contributed by atoms with Gasteiger partial charge < -0.3 is 20.3 Å². The molecule has 1 aliphatic heterocycles. The Bertz CT molecular complexity index is 800. The second-order valence-corrected chi connectivity index (χ2v) is 8.16. The van der Waals surface area contributed by atoms with E-state index in [0.29, 0.717) is 6.54 Å². The lowest BCUT2D eigenvalue weighted by Crippen LogP contribution is -2.42. The molecule has 3 rings (SSSR count). The molecule has 2 N–H and O–H groups in total. The minimum Gasteiger partial charge on any atom is -0.496 e. The number of guanidine groups is 1. The lowest BCUT2D eigenvalue weighted by atomic mass is 10.0. The van der Waals surface area contributed by atoms with E-state index in [1.807, 2.05) is 31.1 Å². The van der Waals surface area contributed by atoms with Crippen LogP contribution in [0.15, 0.2) is 34.6 Å². The zero-order valence-electron chi connectivity index (χ0n) is 17.8. The molecule has 1 atom stereocenters. The number of likely N-dealkylation sites (tertiary alicyclic amines) is 1. The number of aromatic nitrogens is 1. The van der Waals surface area contributed by atoms with E-state index in [0.717, 1.165) is 42.2 Å². The lowest BCUT2D eigenvalue weighted by molar-refractivity contribution is 0.239. The van der Waals surface area contributed by atoms with E-state index >= 15 is 0 Å². The number of thiazole rings is 1. The number of anilines is 1. The van der Waals surface area contributed by atoms with Crippen LogP contribution in [-0.2, 0) is 6.54 Å². The van der Waals surface area contributed by atoms with Crippen molar-refractivity contribution in [3.05, 3.63) is 40.9 Å². The van der Waals surface area contributed by atoms with Gasteiger partial charge in [-0.2, -0.15) is 0 Å². The van der Waals surface area contributed by atoms with Gasteiger partial charge in [0.1, 0.15) is 5.75 Å². The molecule has 8 heteroatoms. The van der Waals surface area contributed by atoms with Gasteiger partial charge in [0.25, 0.3) is 0 Å². The first-order valence-electron chi connectivity index (χ1n) is 10.1. The van der Waals surface area contributed by atoms with Crippen LogP contribution in [-0.4, -0.2) is 63.7 Å². The molecule has 1 saturated heterocycles. The van der Waals surface area contributed by atoms with Gasteiger partial charge in [-0.25, -0.2) is 4.98 Å². The largest absolute Gasteiger partial charge is 0.496 e. The first-order chi connectivity index (χ1) is 14.1. The summed E-state index contributed by atoms with van der Waals surface area (Å²) in [4.78, 5) is 13.6. The minimum atomic E-state index is 0.242. The van der Waals surface area contributed by atoms with Crippen molar-refractivity contribution in [1.29, 1.82) is 0 Å². The van der Waals surface area contributed by atoms with Gasteiger partial charge in [-0.15, -0.1) is 11.3 Å². The number of para-hydroxylation sites is 1. The summed E-state index contributed by atoms with van der Waals surface area (Å²) in [6.45, 7) is 3.64. The van der Waals surface area contributed by atoms with Gasteiger partial charge >= 0.3 is 0 Å². The van der Waals surface area contributed by atoms with E-state index in [-0.39, 0.29) is 6.04 Å². The SMILES string of the molecule is CN=C(NCc1csc(N(C)C)n1)NCC(c1ccccc1OC)N1CCCC1. The Morgan fingerprint density at radius 3 is 2.69 bits per heavy atom. The molecule has 0 bridgehead atoms. The average Bonchev–Trinajstić information content (AvgIpc) is 3.43. The highest BCUT2D eigenvalue weighted by molar-refractivity contribution is 7.13. The van der Waals surface area contributed by atoms with Crippen molar-refractivity contribution in [3.63, 3.8) is 0 Å². The molecule has 0 spiro atoms. The van der Waals surface area contributed by atoms with Crippen LogP contribution in [0.25, 0.3) is 0 Å². The van der Waals surface area contributed by atoms with E-state index in [2.05, 4.69) is 43.0 Å². The summed E-state index contributed by atoms with van der Waals surface area (Å²) in [5.74, 6) is 1.72.